The molecule has 0 aliphatic carbocycles. The molecule has 1 aliphatic heterocycles. The number of hydrogen-bond donors (Lipinski definition) is 2. The number of rotatable bonds is 1. The summed E-state index contributed by atoms with van der Waals surface area (Å²) in [4.78, 5) is 3.08. The molecule has 0 saturated carbocycles. The molecule has 1 saturated heterocycles. The van der Waals surface area contributed by atoms with Gasteiger partial charge < -0.3 is 14.8 Å². The molecular formula is C11H17NO2. The second-order valence-electron chi connectivity index (χ2n) is 4.28. The first-order valence-corrected chi connectivity index (χ1v) is 5.12. The average molecular weight is 195 g/mol. The number of ether oxygens (including phenoxy) is 1. The Bertz CT molecular complexity index is 284. The van der Waals surface area contributed by atoms with E-state index >= 15 is 0 Å². The van der Waals surface area contributed by atoms with Crippen LogP contribution in [0.2, 0.25) is 0 Å². The molecule has 0 radical (unpaired) electrons. The van der Waals surface area contributed by atoms with Crippen LogP contribution >= 0.6 is 0 Å². The first kappa shape index (κ1) is 9.74. The topological polar surface area (TPSA) is 45.2 Å². The molecule has 2 rings (SSSR count). The summed E-state index contributed by atoms with van der Waals surface area (Å²) >= 11 is 0. The van der Waals surface area contributed by atoms with E-state index in [1.807, 2.05) is 32.2 Å². The Morgan fingerprint density at radius 2 is 2.07 bits per heavy atom. The molecule has 0 bridgehead atoms. The highest BCUT2D eigenvalue weighted by atomic mass is 16.5. The third-order valence-corrected chi connectivity index (χ3v) is 2.81. The van der Waals surface area contributed by atoms with Crippen molar-refractivity contribution >= 4 is 0 Å². The van der Waals surface area contributed by atoms with Crippen LogP contribution in [0.4, 0.5) is 0 Å². The number of aromatic amines is 1. The fraction of sp³-hybridized carbons (Fsp3) is 0.636. The van der Waals surface area contributed by atoms with Gasteiger partial charge in [-0.15, -0.1) is 0 Å². The number of hydrogen-bond acceptors (Lipinski definition) is 2. The summed E-state index contributed by atoms with van der Waals surface area (Å²) in [6, 6.07) is 3.85. The van der Waals surface area contributed by atoms with Crippen LogP contribution in [0.5, 0.6) is 0 Å². The highest BCUT2D eigenvalue weighted by molar-refractivity contribution is 5.15. The van der Waals surface area contributed by atoms with Crippen LogP contribution < -0.4 is 0 Å². The van der Waals surface area contributed by atoms with Gasteiger partial charge in [0.15, 0.2) is 0 Å². The molecule has 1 aromatic heterocycles. The standard InChI is InChI=1S/C11H17NO2/c1-8-6-11(13,7-9(2)14-8)10-4-3-5-12-10/h3-5,8-9,12-13H,6-7H2,1-2H3. The van der Waals surface area contributed by atoms with Crippen LogP contribution in [0.1, 0.15) is 32.4 Å². The monoisotopic (exact) mass is 195 g/mol. The van der Waals surface area contributed by atoms with Crippen molar-refractivity contribution in [3.05, 3.63) is 24.0 Å². The molecular weight excluding hydrogens is 178 g/mol. The van der Waals surface area contributed by atoms with Crippen molar-refractivity contribution < 1.29 is 9.84 Å². The Hall–Kier alpha value is -0.800. The molecule has 0 aromatic carbocycles. The van der Waals surface area contributed by atoms with E-state index in [9.17, 15) is 5.11 Å². The molecule has 78 valence electrons. The van der Waals surface area contributed by atoms with E-state index in [-0.39, 0.29) is 12.2 Å². The normalized spacial score (nSPS) is 38.5. The molecule has 2 N–H and O–H groups in total. The summed E-state index contributed by atoms with van der Waals surface area (Å²) in [5.41, 5.74) is 0.167. The van der Waals surface area contributed by atoms with E-state index in [1.54, 1.807) is 0 Å². The Kier molecular flexibility index (Phi) is 2.37. The largest absolute Gasteiger partial charge is 0.383 e. The fourth-order valence-corrected chi connectivity index (χ4v) is 2.37. The van der Waals surface area contributed by atoms with Crippen LogP contribution in [0.15, 0.2) is 18.3 Å². The number of nitrogens with one attached hydrogen (secondary N) is 1. The van der Waals surface area contributed by atoms with Crippen LogP contribution in [0, 0.1) is 0 Å². The third-order valence-electron chi connectivity index (χ3n) is 2.81. The lowest BCUT2D eigenvalue weighted by Crippen LogP contribution is -2.41. The van der Waals surface area contributed by atoms with Gasteiger partial charge in [-0.1, -0.05) is 0 Å². The van der Waals surface area contributed by atoms with E-state index in [2.05, 4.69) is 4.98 Å². The molecule has 3 nitrogen and oxygen atoms in total. The van der Waals surface area contributed by atoms with E-state index < -0.39 is 5.60 Å². The SMILES string of the molecule is CC1CC(O)(c2ccc[nH]2)CC(C)O1. The first-order chi connectivity index (χ1) is 6.60. The van der Waals surface area contributed by atoms with Gasteiger partial charge in [0, 0.05) is 24.7 Å². The quantitative estimate of drug-likeness (QED) is 0.717. The molecule has 0 spiro atoms. The summed E-state index contributed by atoms with van der Waals surface area (Å²) in [6.45, 7) is 4.01. The summed E-state index contributed by atoms with van der Waals surface area (Å²) in [5, 5.41) is 10.5. The average Bonchev–Trinajstić information content (AvgIpc) is 2.52. The zero-order valence-corrected chi connectivity index (χ0v) is 8.66. The van der Waals surface area contributed by atoms with Crippen molar-refractivity contribution in [2.45, 2.75) is 44.5 Å². The van der Waals surface area contributed by atoms with Gasteiger partial charge in [-0.2, -0.15) is 0 Å². The zero-order chi connectivity index (χ0) is 10.2. The minimum atomic E-state index is -0.736. The molecule has 2 atom stereocenters. The van der Waals surface area contributed by atoms with Crippen molar-refractivity contribution in [2.75, 3.05) is 0 Å². The molecule has 2 heterocycles. The van der Waals surface area contributed by atoms with Gasteiger partial charge >= 0.3 is 0 Å². The predicted molar refractivity (Wildman–Crippen MR) is 53.9 cm³/mol. The van der Waals surface area contributed by atoms with Crippen LogP contribution in [-0.2, 0) is 10.3 Å². The van der Waals surface area contributed by atoms with Crippen molar-refractivity contribution in [3.8, 4) is 0 Å². The summed E-state index contributed by atoms with van der Waals surface area (Å²) < 4.78 is 5.61. The van der Waals surface area contributed by atoms with Crippen LogP contribution in [0.25, 0.3) is 0 Å². The van der Waals surface area contributed by atoms with E-state index in [4.69, 9.17) is 4.74 Å². The zero-order valence-electron chi connectivity index (χ0n) is 8.66. The number of aromatic nitrogens is 1. The van der Waals surface area contributed by atoms with Gasteiger partial charge in [-0.3, -0.25) is 0 Å². The lowest BCUT2D eigenvalue weighted by molar-refractivity contribution is -0.137. The maximum absolute atomic E-state index is 10.5. The fourth-order valence-electron chi connectivity index (χ4n) is 2.37. The Labute approximate surface area is 84.1 Å². The lowest BCUT2D eigenvalue weighted by Gasteiger charge is -2.38. The summed E-state index contributed by atoms with van der Waals surface area (Å²) in [7, 11) is 0. The number of H-pyrrole nitrogens is 1. The Balaban J connectivity index is 2.22. The molecule has 14 heavy (non-hydrogen) atoms. The summed E-state index contributed by atoms with van der Waals surface area (Å²) in [6.07, 6.45) is 3.41. The second kappa shape index (κ2) is 3.41. The molecule has 0 amide bonds. The maximum atomic E-state index is 10.5. The van der Waals surface area contributed by atoms with Gasteiger partial charge in [0.25, 0.3) is 0 Å². The molecule has 2 unspecified atom stereocenters. The van der Waals surface area contributed by atoms with Crippen molar-refractivity contribution in [1.82, 2.24) is 4.98 Å². The van der Waals surface area contributed by atoms with Crippen molar-refractivity contribution in [3.63, 3.8) is 0 Å². The molecule has 1 aliphatic rings. The van der Waals surface area contributed by atoms with Crippen molar-refractivity contribution in [2.24, 2.45) is 0 Å². The van der Waals surface area contributed by atoms with E-state index in [1.165, 1.54) is 0 Å². The van der Waals surface area contributed by atoms with Crippen LogP contribution in [0.3, 0.4) is 0 Å². The minimum absolute atomic E-state index is 0.118. The maximum Gasteiger partial charge on any atom is 0.109 e. The van der Waals surface area contributed by atoms with Gasteiger partial charge in [-0.05, 0) is 26.0 Å². The molecule has 1 fully saturated rings. The van der Waals surface area contributed by atoms with E-state index in [0.29, 0.717) is 12.8 Å². The second-order valence-corrected chi connectivity index (χ2v) is 4.28. The highest BCUT2D eigenvalue weighted by Crippen LogP contribution is 2.36. The third kappa shape index (κ3) is 1.70. The first-order valence-electron chi connectivity index (χ1n) is 5.12. The van der Waals surface area contributed by atoms with Gasteiger partial charge in [0.2, 0.25) is 0 Å². The van der Waals surface area contributed by atoms with Gasteiger partial charge in [-0.25, -0.2) is 0 Å². The Morgan fingerprint density at radius 3 is 2.57 bits per heavy atom. The van der Waals surface area contributed by atoms with Gasteiger partial charge in [0.1, 0.15) is 5.60 Å². The van der Waals surface area contributed by atoms with Crippen LogP contribution in [-0.4, -0.2) is 22.3 Å². The Morgan fingerprint density at radius 1 is 1.43 bits per heavy atom. The smallest absolute Gasteiger partial charge is 0.109 e. The molecule has 1 aromatic rings. The minimum Gasteiger partial charge on any atom is -0.383 e. The number of aliphatic hydroxyl groups is 1. The van der Waals surface area contributed by atoms with Gasteiger partial charge in [0.05, 0.1) is 12.2 Å². The molecule has 3 heteroatoms. The summed E-state index contributed by atoms with van der Waals surface area (Å²) in [5.74, 6) is 0. The van der Waals surface area contributed by atoms with Crippen molar-refractivity contribution in [1.29, 1.82) is 0 Å². The lowest BCUT2D eigenvalue weighted by atomic mass is 9.85. The highest BCUT2D eigenvalue weighted by Gasteiger charge is 2.38. The van der Waals surface area contributed by atoms with E-state index in [0.717, 1.165) is 5.69 Å². The predicted octanol–water partition coefficient (Wildman–Crippen LogP) is 1.79.